The average molecular weight is 222 g/mol. The van der Waals surface area contributed by atoms with E-state index in [2.05, 4.69) is 4.98 Å². The summed E-state index contributed by atoms with van der Waals surface area (Å²) in [6, 6.07) is 5.51. The lowest BCUT2D eigenvalue weighted by atomic mass is 10.3. The molecule has 1 heterocycles. The number of nitrogens with zero attached hydrogens (tertiary/aromatic N) is 2. The van der Waals surface area contributed by atoms with Crippen LogP contribution in [-0.2, 0) is 13.2 Å². The summed E-state index contributed by atoms with van der Waals surface area (Å²) in [5, 5.41) is 18.1. The molecule has 16 heavy (non-hydrogen) atoms. The van der Waals surface area contributed by atoms with Crippen molar-refractivity contribution in [1.82, 2.24) is 9.55 Å². The zero-order chi connectivity index (χ0) is 11.5. The molecule has 1 aromatic carbocycles. The first-order valence-corrected chi connectivity index (χ1v) is 5.05. The average Bonchev–Trinajstić information content (AvgIpc) is 2.67. The third-order valence-corrected chi connectivity index (χ3v) is 2.50. The quantitative estimate of drug-likeness (QED) is 0.791. The zero-order valence-corrected chi connectivity index (χ0v) is 9.05. The number of rotatable bonds is 4. The van der Waals surface area contributed by atoms with Gasteiger partial charge in [-0.1, -0.05) is 0 Å². The van der Waals surface area contributed by atoms with Gasteiger partial charge in [0.15, 0.2) is 0 Å². The van der Waals surface area contributed by atoms with E-state index >= 15 is 0 Å². The molecule has 0 aliphatic rings. The van der Waals surface area contributed by atoms with E-state index in [-0.39, 0.29) is 13.2 Å². The molecule has 0 saturated carbocycles. The first kappa shape index (κ1) is 10.9. The Kier molecular flexibility index (Phi) is 3.07. The molecule has 0 unspecified atom stereocenters. The van der Waals surface area contributed by atoms with Crippen LogP contribution in [0.4, 0.5) is 0 Å². The summed E-state index contributed by atoms with van der Waals surface area (Å²) >= 11 is 0. The van der Waals surface area contributed by atoms with Crippen molar-refractivity contribution in [3.8, 4) is 5.75 Å². The van der Waals surface area contributed by atoms with Gasteiger partial charge in [-0.25, -0.2) is 4.98 Å². The van der Waals surface area contributed by atoms with Gasteiger partial charge in [-0.05, 0) is 12.1 Å². The fraction of sp³-hybridized carbons (Fsp3) is 0.364. The van der Waals surface area contributed by atoms with Gasteiger partial charge in [0, 0.05) is 12.6 Å². The number of hydrogen-bond acceptors (Lipinski definition) is 4. The molecular formula is C11H14N2O3. The number of ether oxygens (including phenoxy) is 1. The number of aliphatic hydroxyl groups excluding tert-OH is 2. The second-order valence-corrected chi connectivity index (χ2v) is 3.42. The van der Waals surface area contributed by atoms with Crippen LogP contribution in [0.3, 0.4) is 0 Å². The Morgan fingerprint density at radius 1 is 1.38 bits per heavy atom. The van der Waals surface area contributed by atoms with Gasteiger partial charge in [0.1, 0.15) is 18.2 Å². The Labute approximate surface area is 92.9 Å². The lowest BCUT2D eigenvalue weighted by Gasteiger charge is -2.05. The molecule has 1 aromatic heterocycles. The number of imidazole rings is 1. The van der Waals surface area contributed by atoms with Crippen LogP contribution >= 0.6 is 0 Å². The van der Waals surface area contributed by atoms with Crippen molar-refractivity contribution >= 4 is 11.0 Å². The number of aliphatic hydroxyl groups is 2. The summed E-state index contributed by atoms with van der Waals surface area (Å²) in [5.41, 5.74) is 1.65. The van der Waals surface area contributed by atoms with Crippen LogP contribution in [-0.4, -0.2) is 33.5 Å². The molecule has 5 heteroatoms. The van der Waals surface area contributed by atoms with Crippen LogP contribution in [0.5, 0.6) is 5.75 Å². The maximum Gasteiger partial charge on any atom is 0.135 e. The number of aromatic nitrogens is 2. The Bertz CT molecular complexity index is 493. The van der Waals surface area contributed by atoms with Gasteiger partial charge >= 0.3 is 0 Å². The van der Waals surface area contributed by atoms with Crippen LogP contribution in [0.25, 0.3) is 11.0 Å². The first-order valence-electron chi connectivity index (χ1n) is 5.05. The molecule has 0 aliphatic heterocycles. The summed E-state index contributed by atoms with van der Waals surface area (Å²) in [6.07, 6.45) is 0. The maximum absolute atomic E-state index is 9.18. The highest BCUT2D eigenvalue weighted by atomic mass is 16.5. The molecule has 2 rings (SSSR count). The third kappa shape index (κ3) is 1.75. The Morgan fingerprint density at radius 3 is 2.81 bits per heavy atom. The van der Waals surface area contributed by atoms with Crippen LogP contribution < -0.4 is 4.74 Å². The Hall–Kier alpha value is -1.59. The largest absolute Gasteiger partial charge is 0.497 e. The second-order valence-electron chi connectivity index (χ2n) is 3.42. The molecule has 0 amide bonds. The van der Waals surface area contributed by atoms with E-state index in [0.717, 1.165) is 16.8 Å². The highest BCUT2D eigenvalue weighted by molar-refractivity contribution is 5.77. The van der Waals surface area contributed by atoms with Gasteiger partial charge < -0.3 is 19.5 Å². The van der Waals surface area contributed by atoms with Crippen LogP contribution in [0.2, 0.25) is 0 Å². The molecule has 86 valence electrons. The third-order valence-electron chi connectivity index (χ3n) is 2.50. The summed E-state index contributed by atoms with van der Waals surface area (Å²) in [5.74, 6) is 1.28. The predicted molar refractivity (Wildman–Crippen MR) is 59.3 cm³/mol. The standard InChI is InChI=1S/C11H14N2O3/c1-16-8-2-3-10-9(6-8)12-11(7-15)13(10)4-5-14/h2-3,6,14-15H,4-5,7H2,1H3. The molecular weight excluding hydrogens is 208 g/mol. The van der Waals surface area contributed by atoms with Gasteiger partial charge in [-0.15, -0.1) is 0 Å². The number of benzene rings is 1. The lowest BCUT2D eigenvalue weighted by molar-refractivity contribution is 0.248. The highest BCUT2D eigenvalue weighted by Crippen LogP contribution is 2.21. The van der Waals surface area contributed by atoms with Gasteiger partial charge in [0.25, 0.3) is 0 Å². The van der Waals surface area contributed by atoms with E-state index in [4.69, 9.17) is 9.84 Å². The van der Waals surface area contributed by atoms with Crippen molar-refractivity contribution in [3.05, 3.63) is 24.0 Å². The van der Waals surface area contributed by atoms with Crippen molar-refractivity contribution in [2.75, 3.05) is 13.7 Å². The molecule has 2 aromatic rings. The fourth-order valence-corrected chi connectivity index (χ4v) is 1.76. The van der Waals surface area contributed by atoms with Gasteiger partial charge in [-0.2, -0.15) is 0 Å². The first-order chi connectivity index (χ1) is 7.80. The topological polar surface area (TPSA) is 67.5 Å². The molecule has 0 spiro atoms. The molecule has 0 aliphatic carbocycles. The van der Waals surface area contributed by atoms with Crippen molar-refractivity contribution in [2.24, 2.45) is 0 Å². The number of hydrogen-bond donors (Lipinski definition) is 2. The van der Waals surface area contributed by atoms with E-state index in [1.807, 2.05) is 18.2 Å². The SMILES string of the molecule is COc1ccc2c(c1)nc(CO)n2CCO. The highest BCUT2D eigenvalue weighted by Gasteiger charge is 2.09. The lowest BCUT2D eigenvalue weighted by Crippen LogP contribution is -2.06. The number of methoxy groups -OCH3 is 1. The van der Waals surface area contributed by atoms with Crippen molar-refractivity contribution < 1.29 is 14.9 Å². The second kappa shape index (κ2) is 4.51. The fourth-order valence-electron chi connectivity index (χ4n) is 1.76. The summed E-state index contributed by atoms with van der Waals surface area (Å²) in [7, 11) is 1.60. The normalized spacial score (nSPS) is 10.9. The Balaban J connectivity index is 2.58. The van der Waals surface area contributed by atoms with Crippen LogP contribution in [0.15, 0.2) is 18.2 Å². The van der Waals surface area contributed by atoms with E-state index in [9.17, 15) is 5.11 Å². The number of fused-ring (bicyclic) bond motifs is 1. The van der Waals surface area contributed by atoms with E-state index in [1.165, 1.54) is 0 Å². The molecule has 0 radical (unpaired) electrons. The molecule has 0 fully saturated rings. The van der Waals surface area contributed by atoms with Crippen molar-refractivity contribution in [1.29, 1.82) is 0 Å². The van der Waals surface area contributed by atoms with E-state index in [1.54, 1.807) is 11.7 Å². The monoisotopic (exact) mass is 222 g/mol. The smallest absolute Gasteiger partial charge is 0.135 e. The molecule has 0 bridgehead atoms. The van der Waals surface area contributed by atoms with Gasteiger partial charge in [-0.3, -0.25) is 0 Å². The molecule has 5 nitrogen and oxygen atoms in total. The summed E-state index contributed by atoms with van der Waals surface area (Å²) in [6.45, 7) is 0.306. The Morgan fingerprint density at radius 2 is 2.19 bits per heavy atom. The van der Waals surface area contributed by atoms with Gasteiger partial charge in [0.2, 0.25) is 0 Å². The minimum atomic E-state index is -0.142. The minimum absolute atomic E-state index is 0.0183. The summed E-state index contributed by atoms with van der Waals surface area (Å²) < 4.78 is 6.90. The summed E-state index contributed by atoms with van der Waals surface area (Å²) in [4.78, 5) is 4.28. The minimum Gasteiger partial charge on any atom is -0.497 e. The van der Waals surface area contributed by atoms with E-state index < -0.39 is 0 Å². The van der Waals surface area contributed by atoms with Gasteiger partial charge in [0.05, 0.1) is 24.8 Å². The van der Waals surface area contributed by atoms with Crippen molar-refractivity contribution in [3.63, 3.8) is 0 Å². The van der Waals surface area contributed by atoms with Crippen molar-refractivity contribution in [2.45, 2.75) is 13.2 Å². The predicted octanol–water partition coefficient (Wildman–Crippen LogP) is 0.529. The molecule has 2 N–H and O–H groups in total. The zero-order valence-electron chi connectivity index (χ0n) is 9.05. The van der Waals surface area contributed by atoms with E-state index in [0.29, 0.717) is 12.4 Å². The van der Waals surface area contributed by atoms with Crippen LogP contribution in [0, 0.1) is 0 Å². The van der Waals surface area contributed by atoms with Crippen LogP contribution in [0.1, 0.15) is 5.82 Å². The maximum atomic E-state index is 9.18. The molecule has 0 atom stereocenters. The molecule has 0 saturated heterocycles.